The fourth-order valence-electron chi connectivity index (χ4n) is 7.17. The van der Waals surface area contributed by atoms with E-state index in [9.17, 15) is 19.2 Å². The number of nitrogens with one attached hydrogen (secondary N) is 4. The van der Waals surface area contributed by atoms with Gasteiger partial charge in [0.25, 0.3) is 5.91 Å². The molecule has 6 rings (SSSR count). The highest BCUT2D eigenvalue weighted by atomic mass is 16.5. The van der Waals surface area contributed by atoms with Crippen LogP contribution in [0.4, 0.5) is 17.1 Å². The molecule has 1 aliphatic heterocycles. The maximum absolute atomic E-state index is 12.4. The van der Waals surface area contributed by atoms with E-state index >= 15 is 0 Å². The van der Waals surface area contributed by atoms with Gasteiger partial charge in [0.15, 0.2) is 11.5 Å². The zero-order valence-electron chi connectivity index (χ0n) is 40.2. The Morgan fingerprint density at radius 3 is 2.19 bits per heavy atom. The maximum atomic E-state index is 12.4. The molecule has 67 heavy (non-hydrogen) atoms. The molecule has 0 spiro atoms. The number of hydrazine groups is 1. The van der Waals surface area contributed by atoms with E-state index in [1.807, 2.05) is 127 Å². The van der Waals surface area contributed by atoms with Gasteiger partial charge in [-0.25, -0.2) is 0 Å². The molecule has 16 heteroatoms. The molecular formula is C51H65N9O7. The third-order valence-corrected chi connectivity index (χ3v) is 11.5. The van der Waals surface area contributed by atoms with Gasteiger partial charge in [0.2, 0.25) is 18.7 Å². The number of hydrogen-bond donors (Lipinski definition) is 5. The van der Waals surface area contributed by atoms with Crippen LogP contribution < -0.4 is 36.7 Å². The van der Waals surface area contributed by atoms with Crippen molar-refractivity contribution in [3.8, 4) is 22.6 Å². The average Bonchev–Trinajstić information content (AvgIpc) is 4.02. The number of aromatic nitrogens is 2. The van der Waals surface area contributed by atoms with Crippen LogP contribution in [0.1, 0.15) is 79.8 Å². The van der Waals surface area contributed by atoms with Crippen molar-refractivity contribution in [3.63, 3.8) is 0 Å². The number of benzene rings is 3. The van der Waals surface area contributed by atoms with Crippen molar-refractivity contribution in [2.45, 2.75) is 78.0 Å². The van der Waals surface area contributed by atoms with Crippen LogP contribution in [-0.4, -0.2) is 83.8 Å². The van der Waals surface area contributed by atoms with Crippen LogP contribution in [-0.2, 0) is 38.8 Å². The standard InChI is InChI=1S/C37H50N6O5.C14H15N3O2/c1-25-16-33(46-8)34(47-15-9-10-35(45)40-30-17-26(2)42(7)22-30)19-32(25)39-20-31-18-28(21-43(31)24-44)27-11-13-29(14-12-27)37(5,6)48-23-36(3,4)41-38;1-15-14(19)13-7-11(8-17(13)2)10-3-5-12(6-4-10)16-9-18/h11-14,16-17,19-22,24,31,41H,9-10,15,18,23,38H2,1-8H3,(H,40,45);3-9H,1-2H3,(H,15,19)(H,16,18). The van der Waals surface area contributed by atoms with Crippen molar-refractivity contribution in [2.24, 2.45) is 24.9 Å². The molecule has 4 amide bonds. The third kappa shape index (κ3) is 13.8. The van der Waals surface area contributed by atoms with E-state index in [1.54, 1.807) is 29.8 Å². The Bertz CT molecular complexity index is 2540. The molecule has 1 unspecified atom stereocenters. The second-order valence-corrected chi connectivity index (χ2v) is 17.6. The Hall–Kier alpha value is -7.01. The maximum Gasteiger partial charge on any atom is 0.267 e. The topological polar surface area (TPSA) is 196 Å². The van der Waals surface area contributed by atoms with E-state index < -0.39 is 5.60 Å². The van der Waals surface area contributed by atoms with E-state index in [-0.39, 0.29) is 23.4 Å². The Labute approximate surface area is 393 Å². The molecule has 0 bridgehead atoms. The largest absolute Gasteiger partial charge is 0.493 e. The second kappa shape index (κ2) is 22.9. The zero-order valence-corrected chi connectivity index (χ0v) is 40.2. The first-order valence-electron chi connectivity index (χ1n) is 22.0. The molecule has 6 N–H and O–H groups in total. The van der Waals surface area contributed by atoms with Gasteiger partial charge in [-0.2, -0.15) is 0 Å². The van der Waals surface area contributed by atoms with Gasteiger partial charge >= 0.3 is 0 Å². The molecule has 0 radical (unpaired) electrons. The van der Waals surface area contributed by atoms with Crippen LogP contribution in [0, 0.1) is 13.8 Å². The summed E-state index contributed by atoms with van der Waals surface area (Å²) in [6.07, 6.45) is 10.4. The van der Waals surface area contributed by atoms with Crippen LogP contribution in [0.5, 0.6) is 11.5 Å². The number of carbonyl (C=O) groups is 4. The van der Waals surface area contributed by atoms with Crippen molar-refractivity contribution in [3.05, 3.63) is 119 Å². The number of methoxy groups -OCH3 is 1. The number of aliphatic imine (C=N–C) groups is 1. The lowest BCUT2D eigenvalue weighted by atomic mass is 9.94. The summed E-state index contributed by atoms with van der Waals surface area (Å²) in [5.74, 6) is 6.58. The van der Waals surface area contributed by atoms with Crippen molar-refractivity contribution in [2.75, 3.05) is 38.0 Å². The molecule has 1 aliphatic rings. The number of aryl methyl sites for hydroxylation is 4. The van der Waals surface area contributed by atoms with Gasteiger partial charge in [-0.1, -0.05) is 36.4 Å². The summed E-state index contributed by atoms with van der Waals surface area (Å²) in [5.41, 5.74) is 11.8. The van der Waals surface area contributed by atoms with Gasteiger partial charge in [0.1, 0.15) is 5.69 Å². The first-order chi connectivity index (χ1) is 31.9. The van der Waals surface area contributed by atoms with E-state index in [2.05, 4.69) is 45.6 Å². The number of hydrogen-bond acceptors (Lipinski definition) is 10. The number of rotatable bonds is 20. The highest BCUT2D eigenvalue weighted by Gasteiger charge is 2.28. The van der Waals surface area contributed by atoms with Crippen LogP contribution in [0.25, 0.3) is 16.7 Å². The van der Waals surface area contributed by atoms with E-state index in [0.29, 0.717) is 61.8 Å². The van der Waals surface area contributed by atoms with Crippen LogP contribution in [0.3, 0.4) is 0 Å². The lowest BCUT2D eigenvalue weighted by Gasteiger charge is -2.32. The molecule has 0 saturated heterocycles. The molecule has 5 aromatic rings. The van der Waals surface area contributed by atoms with Gasteiger partial charge in [-0.05, 0) is 106 Å². The summed E-state index contributed by atoms with van der Waals surface area (Å²) in [5, 5.41) is 8.11. The molecule has 0 saturated carbocycles. The fourth-order valence-corrected chi connectivity index (χ4v) is 7.17. The number of ether oxygens (including phenoxy) is 3. The van der Waals surface area contributed by atoms with Crippen LogP contribution in [0.15, 0.2) is 96.4 Å². The summed E-state index contributed by atoms with van der Waals surface area (Å²) in [6, 6.07) is 22.9. The first kappa shape index (κ1) is 51.0. The second-order valence-electron chi connectivity index (χ2n) is 17.6. The molecular weight excluding hydrogens is 851 g/mol. The SMILES string of the molecule is CNC(=O)c1cc(-c2ccc(NC=O)cc2)cn1C.COc1cc(C)c(N=CC2CC(c3ccc(C(C)(C)OCC(C)(C)NN)cc3)=CN2C=O)cc1OCCCC(=O)Nc1cc(C)n(C)c1. The smallest absolute Gasteiger partial charge is 0.267 e. The predicted molar refractivity (Wildman–Crippen MR) is 264 cm³/mol. The van der Waals surface area contributed by atoms with E-state index in [0.717, 1.165) is 56.9 Å². The zero-order chi connectivity index (χ0) is 48.9. The first-order valence-corrected chi connectivity index (χ1v) is 22.0. The van der Waals surface area contributed by atoms with Gasteiger partial charge < -0.3 is 44.2 Å². The minimum Gasteiger partial charge on any atom is -0.493 e. The average molecular weight is 916 g/mol. The summed E-state index contributed by atoms with van der Waals surface area (Å²) < 4.78 is 21.5. The highest BCUT2D eigenvalue weighted by Crippen LogP contribution is 2.36. The van der Waals surface area contributed by atoms with Crippen molar-refractivity contribution < 1.29 is 33.4 Å². The minimum absolute atomic E-state index is 0.0661. The van der Waals surface area contributed by atoms with Gasteiger partial charge in [-0.3, -0.25) is 35.4 Å². The summed E-state index contributed by atoms with van der Waals surface area (Å²) in [6.45, 7) is 12.8. The van der Waals surface area contributed by atoms with Gasteiger partial charge in [0.05, 0.1) is 43.3 Å². The van der Waals surface area contributed by atoms with E-state index in [1.165, 1.54) is 0 Å². The summed E-state index contributed by atoms with van der Waals surface area (Å²) in [4.78, 5) is 52.8. The predicted octanol–water partition coefficient (Wildman–Crippen LogP) is 7.54. The van der Waals surface area contributed by atoms with Crippen LogP contribution in [0.2, 0.25) is 0 Å². The third-order valence-electron chi connectivity index (χ3n) is 11.5. The molecule has 16 nitrogen and oxygen atoms in total. The molecule has 1 atom stereocenters. The Balaban J connectivity index is 0.000000367. The lowest BCUT2D eigenvalue weighted by molar-refractivity contribution is -0.117. The quantitative estimate of drug-likeness (QED) is 0.0172. The van der Waals surface area contributed by atoms with Gasteiger partial charge in [0, 0.05) is 87.3 Å². The number of anilines is 2. The molecule has 0 fully saturated rings. The molecule has 356 valence electrons. The molecule has 0 aliphatic carbocycles. The van der Waals surface area contributed by atoms with Crippen LogP contribution >= 0.6 is 0 Å². The minimum atomic E-state index is -0.504. The monoisotopic (exact) mass is 916 g/mol. The highest BCUT2D eigenvalue weighted by molar-refractivity contribution is 5.94. The Kier molecular flexibility index (Phi) is 17.5. The Morgan fingerprint density at radius 1 is 0.881 bits per heavy atom. The van der Waals surface area contributed by atoms with E-state index in [4.69, 9.17) is 25.0 Å². The van der Waals surface area contributed by atoms with Crippen molar-refractivity contribution in [1.82, 2.24) is 24.8 Å². The summed E-state index contributed by atoms with van der Waals surface area (Å²) in [7, 11) is 6.97. The fraction of sp³-hybridized carbons (Fsp3) is 0.353. The molecule has 3 aromatic carbocycles. The lowest BCUT2D eigenvalue weighted by Crippen LogP contribution is -2.49. The Morgan fingerprint density at radius 2 is 1.58 bits per heavy atom. The van der Waals surface area contributed by atoms with Crippen molar-refractivity contribution in [1.29, 1.82) is 0 Å². The van der Waals surface area contributed by atoms with Crippen molar-refractivity contribution >= 4 is 53.5 Å². The molecule has 2 aromatic heterocycles. The number of nitrogens with two attached hydrogens (primary N) is 1. The number of carbonyl (C=O) groups excluding carboxylic acids is 4. The van der Waals surface area contributed by atoms with Gasteiger partial charge in [-0.15, -0.1) is 0 Å². The normalized spacial score (nSPS) is 13.7. The number of amides is 4. The number of nitrogens with zero attached hydrogens (tertiary/aromatic N) is 4. The molecule has 3 heterocycles. The summed E-state index contributed by atoms with van der Waals surface area (Å²) >= 11 is 0.